The molecular formula is C20H24O8. The first-order valence-corrected chi connectivity index (χ1v) is 8.60. The number of ether oxygens (including phenoxy) is 2. The molecule has 0 bridgehead atoms. The van der Waals surface area contributed by atoms with Gasteiger partial charge in [0.2, 0.25) is 0 Å². The van der Waals surface area contributed by atoms with Crippen LogP contribution in [0.2, 0.25) is 0 Å². The van der Waals surface area contributed by atoms with Gasteiger partial charge in [0.15, 0.2) is 0 Å². The van der Waals surface area contributed by atoms with Crippen molar-refractivity contribution in [3.63, 3.8) is 0 Å². The molecule has 0 aromatic heterocycles. The largest absolute Gasteiger partial charge is 0.512 e. The van der Waals surface area contributed by atoms with Gasteiger partial charge in [-0.2, -0.15) is 0 Å². The first-order chi connectivity index (χ1) is 13.0. The summed E-state index contributed by atoms with van der Waals surface area (Å²) in [6.07, 6.45) is -2.93. The quantitative estimate of drug-likeness (QED) is 0.251. The highest BCUT2D eigenvalue weighted by molar-refractivity contribution is 5.92. The molecule has 152 valence electrons. The standard InChI is InChI=1S/C20H24O8/c1-9(7-21)16-17-15(11(3)19(26)28-17)14(6-20(16,5)12(4)23)27-18(25)10(2)13(24)8-22/h7,13-17,22-24H,1-4,6,8H2,5H3. The SMILES string of the molecule is C=C(C(=O)OC1CC(C)(C(=C)O)C(C(=C)C=O)C2OC(=O)C(=C)C12)C(O)CO. The third-order valence-corrected chi connectivity index (χ3v) is 5.61. The summed E-state index contributed by atoms with van der Waals surface area (Å²) in [5.74, 6) is -3.55. The van der Waals surface area contributed by atoms with Crippen molar-refractivity contribution in [3.8, 4) is 0 Å². The maximum Gasteiger partial charge on any atom is 0.336 e. The smallest absolute Gasteiger partial charge is 0.336 e. The van der Waals surface area contributed by atoms with Crippen molar-refractivity contribution in [2.24, 2.45) is 17.3 Å². The molecule has 6 unspecified atom stereocenters. The normalized spacial score (nSPS) is 32.7. The molecule has 0 amide bonds. The molecule has 28 heavy (non-hydrogen) atoms. The molecule has 1 aliphatic carbocycles. The van der Waals surface area contributed by atoms with Crippen molar-refractivity contribution in [2.75, 3.05) is 6.61 Å². The fraction of sp³-hybridized carbons (Fsp3) is 0.450. The Bertz CT molecular complexity index is 766. The molecule has 2 aliphatic rings. The van der Waals surface area contributed by atoms with Crippen molar-refractivity contribution in [1.29, 1.82) is 0 Å². The van der Waals surface area contributed by atoms with E-state index in [1.54, 1.807) is 6.92 Å². The Morgan fingerprint density at radius 2 is 2.04 bits per heavy atom. The van der Waals surface area contributed by atoms with Gasteiger partial charge >= 0.3 is 11.9 Å². The minimum atomic E-state index is -1.50. The van der Waals surface area contributed by atoms with Crippen LogP contribution in [0.3, 0.4) is 0 Å². The predicted octanol–water partition coefficient (Wildman–Crippen LogP) is 0.758. The lowest BCUT2D eigenvalue weighted by atomic mass is 9.58. The van der Waals surface area contributed by atoms with Crippen LogP contribution in [0.1, 0.15) is 13.3 Å². The Labute approximate surface area is 162 Å². The maximum absolute atomic E-state index is 12.3. The minimum absolute atomic E-state index is 0.00900. The van der Waals surface area contributed by atoms with E-state index in [4.69, 9.17) is 14.6 Å². The average molecular weight is 392 g/mol. The molecule has 3 N–H and O–H groups in total. The highest BCUT2D eigenvalue weighted by Crippen LogP contribution is 2.55. The van der Waals surface area contributed by atoms with E-state index in [0.717, 1.165) is 0 Å². The Morgan fingerprint density at radius 1 is 1.43 bits per heavy atom. The average Bonchev–Trinajstić information content (AvgIpc) is 2.94. The van der Waals surface area contributed by atoms with E-state index in [2.05, 4.69) is 26.3 Å². The molecular weight excluding hydrogens is 368 g/mol. The number of hydrogen-bond donors (Lipinski definition) is 3. The lowest BCUT2D eigenvalue weighted by Gasteiger charge is -2.48. The van der Waals surface area contributed by atoms with E-state index in [9.17, 15) is 24.6 Å². The number of fused-ring (bicyclic) bond motifs is 1. The highest BCUT2D eigenvalue weighted by Gasteiger charge is 2.60. The summed E-state index contributed by atoms with van der Waals surface area (Å²) in [7, 11) is 0. The molecule has 8 heteroatoms. The molecule has 0 radical (unpaired) electrons. The number of carbonyl (C=O) groups excluding carboxylic acids is 3. The van der Waals surface area contributed by atoms with Crippen LogP contribution >= 0.6 is 0 Å². The van der Waals surface area contributed by atoms with E-state index in [1.165, 1.54) is 0 Å². The van der Waals surface area contributed by atoms with Crippen molar-refractivity contribution in [2.45, 2.75) is 31.7 Å². The summed E-state index contributed by atoms with van der Waals surface area (Å²) < 4.78 is 10.8. The van der Waals surface area contributed by atoms with Crippen LogP contribution < -0.4 is 0 Å². The summed E-state index contributed by atoms with van der Waals surface area (Å²) in [5.41, 5.74) is -1.39. The summed E-state index contributed by atoms with van der Waals surface area (Å²) >= 11 is 0. The second-order valence-corrected chi connectivity index (χ2v) is 7.33. The zero-order valence-electron chi connectivity index (χ0n) is 15.6. The van der Waals surface area contributed by atoms with Crippen molar-refractivity contribution < 1.29 is 39.2 Å². The number of aliphatic hydroxyl groups is 3. The number of hydrogen-bond acceptors (Lipinski definition) is 8. The Balaban J connectivity index is 2.46. The lowest BCUT2D eigenvalue weighted by molar-refractivity contribution is -0.162. The molecule has 1 heterocycles. The van der Waals surface area contributed by atoms with Gasteiger partial charge in [0.1, 0.15) is 24.6 Å². The molecule has 6 atom stereocenters. The first kappa shape index (κ1) is 21.6. The van der Waals surface area contributed by atoms with E-state index < -0.39 is 54.1 Å². The number of aliphatic hydroxyl groups excluding tert-OH is 3. The van der Waals surface area contributed by atoms with E-state index in [1.807, 2.05) is 0 Å². The van der Waals surface area contributed by atoms with E-state index in [0.29, 0.717) is 6.29 Å². The summed E-state index contributed by atoms with van der Waals surface area (Å²) in [6.45, 7) is 15.3. The fourth-order valence-corrected chi connectivity index (χ4v) is 3.92. The highest BCUT2D eigenvalue weighted by atomic mass is 16.6. The second-order valence-electron chi connectivity index (χ2n) is 7.33. The molecule has 1 saturated carbocycles. The van der Waals surface area contributed by atoms with Gasteiger partial charge in [-0.15, -0.1) is 0 Å². The van der Waals surface area contributed by atoms with Gasteiger partial charge in [0.05, 0.1) is 23.9 Å². The zero-order valence-corrected chi connectivity index (χ0v) is 15.6. The van der Waals surface area contributed by atoms with Gasteiger partial charge in [-0.1, -0.05) is 33.2 Å². The fourth-order valence-electron chi connectivity index (χ4n) is 3.92. The predicted molar refractivity (Wildman–Crippen MR) is 97.8 cm³/mol. The van der Waals surface area contributed by atoms with Crippen LogP contribution in [0, 0.1) is 17.3 Å². The van der Waals surface area contributed by atoms with Gasteiger partial charge in [0.25, 0.3) is 0 Å². The van der Waals surface area contributed by atoms with Crippen LogP contribution in [-0.2, 0) is 23.9 Å². The lowest BCUT2D eigenvalue weighted by Crippen LogP contribution is -2.53. The van der Waals surface area contributed by atoms with Crippen LogP contribution in [0.15, 0.2) is 48.8 Å². The van der Waals surface area contributed by atoms with Gasteiger partial charge in [-0.3, -0.25) is 4.79 Å². The van der Waals surface area contributed by atoms with Crippen LogP contribution in [0.4, 0.5) is 0 Å². The third kappa shape index (κ3) is 3.41. The zero-order chi connectivity index (χ0) is 21.4. The Morgan fingerprint density at radius 3 is 2.54 bits per heavy atom. The van der Waals surface area contributed by atoms with Crippen LogP contribution in [-0.4, -0.2) is 58.5 Å². The number of carbonyl (C=O) groups is 3. The number of esters is 2. The number of allylic oxidation sites excluding steroid dienone is 1. The Hall–Kier alpha value is -2.71. The molecule has 2 fully saturated rings. The molecule has 8 nitrogen and oxygen atoms in total. The first-order valence-electron chi connectivity index (χ1n) is 8.60. The topological polar surface area (TPSA) is 130 Å². The van der Waals surface area contributed by atoms with Crippen molar-refractivity contribution >= 4 is 18.2 Å². The van der Waals surface area contributed by atoms with E-state index in [-0.39, 0.29) is 28.9 Å². The summed E-state index contributed by atoms with van der Waals surface area (Å²) in [5, 5.41) is 28.8. The van der Waals surface area contributed by atoms with Crippen LogP contribution in [0.25, 0.3) is 0 Å². The van der Waals surface area contributed by atoms with Gasteiger partial charge < -0.3 is 24.8 Å². The van der Waals surface area contributed by atoms with Gasteiger partial charge in [-0.05, 0) is 12.0 Å². The number of aldehydes is 1. The second kappa shape index (κ2) is 7.73. The summed E-state index contributed by atoms with van der Waals surface area (Å²) in [4.78, 5) is 35.9. The molecule has 0 aromatic rings. The van der Waals surface area contributed by atoms with Crippen LogP contribution in [0.5, 0.6) is 0 Å². The number of rotatable bonds is 7. The molecule has 2 rings (SSSR count). The molecule has 1 saturated heterocycles. The van der Waals surface area contributed by atoms with Crippen molar-refractivity contribution in [1.82, 2.24) is 0 Å². The monoisotopic (exact) mass is 392 g/mol. The molecule has 1 aliphatic heterocycles. The minimum Gasteiger partial charge on any atom is -0.512 e. The molecule has 0 aromatic carbocycles. The summed E-state index contributed by atoms with van der Waals surface area (Å²) in [6, 6.07) is 0. The van der Waals surface area contributed by atoms with Gasteiger partial charge in [0, 0.05) is 16.9 Å². The van der Waals surface area contributed by atoms with Gasteiger partial charge in [-0.25, -0.2) is 9.59 Å². The van der Waals surface area contributed by atoms with E-state index >= 15 is 0 Å². The molecule has 0 spiro atoms. The third-order valence-electron chi connectivity index (χ3n) is 5.61. The maximum atomic E-state index is 12.3. The Kier molecular flexibility index (Phi) is 5.96. The van der Waals surface area contributed by atoms with Crippen molar-refractivity contribution in [3.05, 3.63) is 48.8 Å².